The van der Waals surface area contributed by atoms with E-state index in [0.717, 1.165) is 29.2 Å². The van der Waals surface area contributed by atoms with Gasteiger partial charge in [0.2, 0.25) is 0 Å². The molecule has 106 valence electrons. The SMILES string of the molecule is CCCNC1c2cc(OC)ccc2S(=O)C(C)C1C. The Bertz CT molecular complexity index is 475. The summed E-state index contributed by atoms with van der Waals surface area (Å²) in [5.74, 6) is 1.19. The third-order valence-electron chi connectivity index (χ3n) is 3.99. The van der Waals surface area contributed by atoms with Gasteiger partial charge in [-0.05, 0) is 42.6 Å². The summed E-state index contributed by atoms with van der Waals surface area (Å²) in [4.78, 5) is 0.958. The molecule has 1 aliphatic rings. The molecule has 0 amide bonds. The molecule has 0 aliphatic carbocycles. The van der Waals surface area contributed by atoms with E-state index >= 15 is 0 Å². The first-order valence-corrected chi connectivity index (χ1v) is 8.13. The second-order valence-corrected chi connectivity index (χ2v) is 6.98. The maximum Gasteiger partial charge on any atom is 0.119 e. The minimum atomic E-state index is -0.922. The van der Waals surface area contributed by atoms with Gasteiger partial charge < -0.3 is 10.1 Å². The van der Waals surface area contributed by atoms with Gasteiger partial charge in [0.1, 0.15) is 5.75 Å². The lowest BCUT2D eigenvalue weighted by Crippen LogP contribution is -2.39. The Hall–Kier alpha value is -0.870. The van der Waals surface area contributed by atoms with Crippen LogP contribution in [0.15, 0.2) is 23.1 Å². The zero-order chi connectivity index (χ0) is 14.0. The van der Waals surface area contributed by atoms with Crippen molar-refractivity contribution in [3.05, 3.63) is 23.8 Å². The zero-order valence-electron chi connectivity index (χ0n) is 12.1. The Morgan fingerprint density at radius 2 is 2.11 bits per heavy atom. The lowest BCUT2D eigenvalue weighted by atomic mass is 9.91. The van der Waals surface area contributed by atoms with Crippen molar-refractivity contribution in [2.24, 2.45) is 5.92 Å². The predicted octanol–water partition coefficient (Wildman–Crippen LogP) is 2.88. The smallest absolute Gasteiger partial charge is 0.119 e. The Balaban J connectivity index is 2.44. The molecule has 3 nitrogen and oxygen atoms in total. The molecule has 1 heterocycles. The minimum Gasteiger partial charge on any atom is -0.497 e. The monoisotopic (exact) mass is 281 g/mol. The van der Waals surface area contributed by atoms with Crippen LogP contribution in [-0.2, 0) is 10.8 Å². The summed E-state index contributed by atoms with van der Waals surface area (Å²) in [5, 5.41) is 3.77. The minimum absolute atomic E-state index is 0.176. The van der Waals surface area contributed by atoms with Gasteiger partial charge in [-0.3, -0.25) is 4.21 Å². The van der Waals surface area contributed by atoms with E-state index in [4.69, 9.17) is 4.74 Å². The Labute approximate surface area is 118 Å². The highest BCUT2D eigenvalue weighted by Crippen LogP contribution is 2.39. The molecule has 1 N–H and O–H groups in total. The number of nitrogens with one attached hydrogen (secondary N) is 1. The van der Waals surface area contributed by atoms with Crippen LogP contribution in [0.25, 0.3) is 0 Å². The summed E-state index contributed by atoms with van der Waals surface area (Å²) in [5.41, 5.74) is 1.14. The molecule has 19 heavy (non-hydrogen) atoms. The van der Waals surface area contributed by atoms with E-state index in [9.17, 15) is 4.21 Å². The topological polar surface area (TPSA) is 38.3 Å². The van der Waals surface area contributed by atoms with Crippen LogP contribution in [0.2, 0.25) is 0 Å². The summed E-state index contributed by atoms with van der Waals surface area (Å²) in [6.07, 6.45) is 1.10. The summed E-state index contributed by atoms with van der Waals surface area (Å²) in [6.45, 7) is 7.40. The number of fused-ring (bicyclic) bond motifs is 1. The maximum atomic E-state index is 12.5. The van der Waals surface area contributed by atoms with Crippen molar-refractivity contribution >= 4 is 10.8 Å². The molecular formula is C15H23NO2S. The first-order valence-electron chi connectivity index (χ1n) is 6.92. The van der Waals surface area contributed by atoms with Crippen molar-refractivity contribution in [1.82, 2.24) is 5.32 Å². The van der Waals surface area contributed by atoms with Gasteiger partial charge in [-0.2, -0.15) is 0 Å². The molecular weight excluding hydrogens is 258 g/mol. The van der Waals surface area contributed by atoms with E-state index in [1.807, 2.05) is 18.2 Å². The molecule has 0 fully saturated rings. The van der Waals surface area contributed by atoms with Crippen LogP contribution in [0.5, 0.6) is 5.75 Å². The quantitative estimate of drug-likeness (QED) is 0.922. The van der Waals surface area contributed by atoms with Crippen LogP contribution in [0, 0.1) is 5.92 Å². The molecule has 0 saturated heterocycles. The second-order valence-electron chi connectivity index (χ2n) is 5.20. The number of benzene rings is 1. The highest BCUT2D eigenvalue weighted by molar-refractivity contribution is 7.85. The summed E-state index contributed by atoms with van der Waals surface area (Å²) >= 11 is 0. The van der Waals surface area contributed by atoms with Crippen LogP contribution >= 0.6 is 0 Å². The van der Waals surface area contributed by atoms with Crippen LogP contribution in [0.4, 0.5) is 0 Å². The number of ether oxygens (including phenoxy) is 1. The van der Waals surface area contributed by atoms with Gasteiger partial charge in [0.15, 0.2) is 0 Å². The van der Waals surface area contributed by atoms with E-state index in [2.05, 4.69) is 26.1 Å². The molecule has 2 rings (SSSR count). The normalized spacial score (nSPS) is 29.9. The van der Waals surface area contributed by atoms with Crippen molar-refractivity contribution in [2.45, 2.75) is 43.4 Å². The predicted molar refractivity (Wildman–Crippen MR) is 79.1 cm³/mol. The Morgan fingerprint density at radius 3 is 2.74 bits per heavy atom. The fourth-order valence-corrected chi connectivity index (χ4v) is 4.19. The first-order chi connectivity index (χ1) is 9.10. The largest absolute Gasteiger partial charge is 0.497 e. The van der Waals surface area contributed by atoms with E-state index in [0.29, 0.717) is 5.92 Å². The fourth-order valence-electron chi connectivity index (χ4n) is 2.62. The van der Waals surface area contributed by atoms with Crippen molar-refractivity contribution < 1.29 is 8.95 Å². The molecule has 4 heteroatoms. The van der Waals surface area contributed by atoms with Crippen molar-refractivity contribution in [1.29, 1.82) is 0 Å². The van der Waals surface area contributed by atoms with E-state index < -0.39 is 10.8 Å². The molecule has 0 saturated carbocycles. The van der Waals surface area contributed by atoms with Gasteiger partial charge in [0.25, 0.3) is 0 Å². The standard InChI is InChI=1S/C15H23NO2S/c1-5-8-16-15-10(2)11(3)19(17)14-7-6-12(18-4)9-13(14)15/h6-7,9-11,15-16H,5,8H2,1-4H3. The fraction of sp³-hybridized carbons (Fsp3) is 0.600. The molecule has 0 aromatic heterocycles. The van der Waals surface area contributed by atoms with Gasteiger partial charge in [-0.15, -0.1) is 0 Å². The molecule has 4 unspecified atom stereocenters. The van der Waals surface area contributed by atoms with Crippen LogP contribution in [0.3, 0.4) is 0 Å². The molecule has 0 bridgehead atoms. The summed E-state index contributed by atoms with van der Waals surface area (Å²) in [7, 11) is 0.747. The molecule has 1 aromatic rings. The first kappa shape index (κ1) is 14.5. The van der Waals surface area contributed by atoms with Crippen molar-refractivity contribution in [2.75, 3.05) is 13.7 Å². The third-order valence-corrected chi connectivity index (χ3v) is 5.90. The van der Waals surface area contributed by atoms with Gasteiger partial charge in [0.05, 0.1) is 17.9 Å². The van der Waals surface area contributed by atoms with Gasteiger partial charge in [0, 0.05) is 16.2 Å². The van der Waals surface area contributed by atoms with Crippen LogP contribution in [-0.4, -0.2) is 23.1 Å². The number of hydrogen-bond donors (Lipinski definition) is 1. The maximum absolute atomic E-state index is 12.5. The van der Waals surface area contributed by atoms with Crippen molar-refractivity contribution in [3.8, 4) is 5.75 Å². The molecule has 1 aromatic carbocycles. The van der Waals surface area contributed by atoms with E-state index in [1.54, 1.807) is 7.11 Å². The molecule has 0 radical (unpaired) electrons. The highest BCUT2D eigenvalue weighted by atomic mass is 32.2. The van der Waals surface area contributed by atoms with Crippen LogP contribution in [0.1, 0.15) is 38.8 Å². The lowest BCUT2D eigenvalue weighted by Gasteiger charge is -2.36. The molecule has 4 atom stereocenters. The number of hydrogen-bond acceptors (Lipinski definition) is 3. The number of rotatable bonds is 4. The number of methoxy groups -OCH3 is 1. The van der Waals surface area contributed by atoms with Crippen LogP contribution < -0.4 is 10.1 Å². The molecule has 1 aliphatic heterocycles. The Morgan fingerprint density at radius 1 is 1.37 bits per heavy atom. The highest BCUT2D eigenvalue weighted by Gasteiger charge is 2.36. The average Bonchev–Trinajstić information content (AvgIpc) is 2.44. The lowest BCUT2D eigenvalue weighted by molar-refractivity contribution is 0.363. The van der Waals surface area contributed by atoms with E-state index in [1.165, 1.54) is 0 Å². The average molecular weight is 281 g/mol. The summed E-state index contributed by atoms with van der Waals surface area (Å²) in [6, 6.07) is 6.14. The van der Waals surface area contributed by atoms with Gasteiger partial charge in [-0.25, -0.2) is 0 Å². The summed E-state index contributed by atoms with van der Waals surface area (Å²) < 4.78 is 17.8. The van der Waals surface area contributed by atoms with Crippen molar-refractivity contribution in [3.63, 3.8) is 0 Å². The second kappa shape index (κ2) is 6.06. The molecule has 0 spiro atoms. The van der Waals surface area contributed by atoms with E-state index in [-0.39, 0.29) is 11.3 Å². The zero-order valence-corrected chi connectivity index (χ0v) is 12.9. The van der Waals surface area contributed by atoms with Gasteiger partial charge >= 0.3 is 0 Å². The van der Waals surface area contributed by atoms with Gasteiger partial charge in [-0.1, -0.05) is 20.8 Å². The third kappa shape index (κ3) is 2.70. The Kier molecular flexibility index (Phi) is 4.63.